The van der Waals surface area contributed by atoms with E-state index in [-0.39, 0.29) is 47.3 Å². The van der Waals surface area contributed by atoms with Crippen LogP contribution in [0.4, 0.5) is 0 Å². The van der Waals surface area contributed by atoms with Gasteiger partial charge in [0, 0.05) is 34.8 Å². The summed E-state index contributed by atoms with van der Waals surface area (Å²) in [5.41, 5.74) is -4.06. The number of ketones is 3. The Balaban J connectivity index is 1.79. The minimum Gasteiger partial charge on any atom is -0.511 e. The molecular formula is C29H34O8. The van der Waals surface area contributed by atoms with E-state index in [1.54, 1.807) is 6.92 Å². The lowest BCUT2D eigenvalue weighted by Crippen LogP contribution is -2.67. The minimum atomic E-state index is -2.59. The number of hydrogen-bond acceptors (Lipinski definition) is 8. The van der Waals surface area contributed by atoms with Crippen LogP contribution in [0.25, 0.3) is 0 Å². The smallest absolute Gasteiger partial charge is 0.209 e. The Morgan fingerprint density at radius 2 is 1.81 bits per heavy atom. The monoisotopic (exact) mass is 510 g/mol. The Bertz CT molecular complexity index is 1310. The standard InChI is InChI=1S/C29H34O8/c1-13(2)21-23(32)19(14(3)30)25(34)29(36)26(35)22-24(33)20-17(10-27(22,4)12-28(21,29)5)16(6-7-18(20)31)15-8-9-37-11-15/h6-7,13,15,21,31-32,35-36H,8-12H2,1-5H3/t15?,21?,27-,28-,29+/m1/s1. The quantitative estimate of drug-likeness (QED) is 0.449. The number of Topliss-reactive ketones (excluding diaryl/α,β-unsaturated/α-hetero) is 3. The number of aromatic hydroxyl groups is 1. The van der Waals surface area contributed by atoms with Crippen molar-refractivity contribution in [2.75, 3.05) is 13.2 Å². The molecule has 1 aliphatic heterocycles. The number of fused-ring (bicyclic) bond motifs is 3. The maximum Gasteiger partial charge on any atom is 0.209 e. The molecule has 1 fully saturated rings. The van der Waals surface area contributed by atoms with Crippen molar-refractivity contribution in [3.05, 3.63) is 51.5 Å². The summed E-state index contributed by atoms with van der Waals surface area (Å²) in [7, 11) is 0. The molecule has 1 heterocycles. The first-order valence-corrected chi connectivity index (χ1v) is 12.8. The van der Waals surface area contributed by atoms with E-state index in [9.17, 15) is 34.8 Å². The fraction of sp³-hybridized carbons (Fsp3) is 0.552. The topological polar surface area (TPSA) is 141 Å². The van der Waals surface area contributed by atoms with Gasteiger partial charge < -0.3 is 25.2 Å². The number of phenolic OH excluding ortho intramolecular Hbond substituents is 1. The highest BCUT2D eigenvalue weighted by Gasteiger charge is 2.71. The van der Waals surface area contributed by atoms with Crippen LogP contribution in [-0.4, -0.2) is 56.6 Å². The Labute approximate surface area is 215 Å². The average Bonchev–Trinajstić information content (AvgIpc) is 3.30. The Kier molecular flexibility index (Phi) is 5.56. The van der Waals surface area contributed by atoms with Crippen molar-refractivity contribution < 1.29 is 39.5 Å². The maximum absolute atomic E-state index is 14.0. The fourth-order valence-electron chi connectivity index (χ4n) is 7.92. The van der Waals surface area contributed by atoms with Crippen molar-refractivity contribution in [1.29, 1.82) is 0 Å². The SMILES string of the molecule is CC(=O)C1=C(O)C(C(C)C)[C@@]2(C)C[C@@]3(C)Cc4c(C5CCOC5)ccc(O)c4C(=O)C3=C(O)[C@@]2(O)C1=O. The highest BCUT2D eigenvalue weighted by Crippen LogP contribution is 2.65. The van der Waals surface area contributed by atoms with Gasteiger partial charge in [-0.25, -0.2) is 0 Å². The van der Waals surface area contributed by atoms with Gasteiger partial charge >= 0.3 is 0 Å². The lowest BCUT2D eigenvalue weighted by Gasteiger charge is -2.59. The Morgan fingerprint density at radius 1 is 1.14 bits per heavy atom. The molecule has 0 spiro atoms. The number of rotatable bonds is 3. The summed E-state index contributed by atoms with van der Waals surface area (Å²) >= 11 is 0. The third-order valence-electron chi connectivity index (χ3n) is 9.30. The van der Waals surface area contributed by atoms with Crippen LogP contribution in [0, 0.1) is 22.7 Å². The molecule has 1 aromatic rings. The molecule has 8 heteroatoms. The molecule has 0 radical (unpaired) electrons. The van der Waals surface area contributed by atoms with Crippen LogP contribution in [0.3, 0.4) is 0 Å². The Hall–Kier alpha value is -2.97. The lowest BCUT2D eigenvalue weighted by molar-refractivity contribution is -0.171. The molecule has 4 aliphatic rings. The summed E-state index contributed by atoms with van der Waals surface area (Å²) in [5, 5.41) is 45.7. The van der Waals surface area contributed by atoms with E-state index in [4.69, 9.17) is 4.74 Å². The molecule has 5 rings (SSSR count). The number of phenols is 1. The molecule has 0 aromatic heterocycles. The summed E-state index contributed by atoms with van der Waals surface area (Å²) in [5.74, 6) is -4.98. The van der Waals surface area contributed by atoms with Crippen molar-refractivity contribution >= 4 is 17.3 Å². The molecule has 0 saturated carbocycles. The van der Waals surface area contributed by atoms with Gasteiger partial charge in [0.05, 0.1) is 12.2 Å². The zero-order chi connectivity index (χ0) is 27.2. The molecule has 4 N–H and O–H groups in total. The first-order valence-electron chi connectivity index (χ1n) is 12.8. The summed E-state index contributed by atoms with van der Waals surface area (Å²) in [6, 6.07) is 3.27. The number of benzene rings is 1. The van der Waals surface area contributed by atoms with Crippen LogP contribution in [0.1, 0.15) is 74.9 Å². The van der Waals surface area contributed by atoms with Gasteiger partial charge in [0.15, 0.2) is 17.2 Å². The van der Waals surface area contributed by atoms with Crippen molar-refractivity contribution in [2.24, 2.45) is 22.7 Å². The highest BCUT2D eigenvalue weighted by atomic mass is 16.5. The van der Waals surface area contributed by atoms with Crippen molar-refractivity contribution in [3.8, 4) is 5.75 Å². The number of carbonyl (C=O) groups is 3. The van der Waals surface area contributed by atoms with E-state index >= 15 is 0 Å². The average molecular weight is 511 g/mol. The predicted molar refractivity (Wildman–Crippen MR) is 133 cm³/mol. The number of aliphatic hydroxyl groups is 3. The summed E-state index contributed by atoms with van der Waals surface area (Å²) in [6.07, 6.45) is 1.15. The number of aliphatic hydroxyl groups excluding tert-OH is 2. The largest absolute Gasteiger partial charge is 0.511 e. The van der Waals surface area contributed by atoms with E-state index < -0.39 is 51.0 Å². The van der Waals surface area contributed by atoms with E-state index in [0.717, 1.165) is 18.9 Å². The van der Waals surface area contributed by atoms with Gasteiger partial charge in [0.2, 0.25) is 5.78 Å². The molecule has 1 aromatic carbocycles. The lowest BCUT2D eigenvalue weighted by atomic mass is 9.44. The minimum absolute atomic E-state index is 0.0597. The molecule has 1 saturated heterocycles. The number of allylic oxidation sites excluding steroid dienone is 2. The van der Waals surface area contributed by atoms with E-state index in [1.165, 1.54) is 6.07 Å². The second-order valence-corrected chi connectivity index (χ2v) is 12.1. The number of carbonyl (C=O) groups excluding carboxylic acids is 3. The van der Waals surface area contributed by atoms with Gasteiger partial charge in [-0.1, -0.05) is 33.8 Å². The molecule has 198 valence electrons. The van der Waals surface area contributed by atoms with Gasteiger partial charge in [-0.05, 0) is 49.3 Å². The summed E-state index contributed by atoms with van der Waals surface area (Å²) in [6.45, 7) is 9.31. The zero-order valence-electron chi connectivity index (χ0n) is 21.8. The van der Waals surface area contributed by atoms with Crippen LogP contribution >= 0.6 is 0 Å². The third-order valence-corrected chi connectivity index (χ3v) is 9.30. The second-order valence-electron chi connectivity index (χ2n) is 12.1. The molecule has 0 bridgehead atoms. The van der Waals surface area contributed by atoms with Gasteiger partial charge in [0.25, 0.3) is 0 Å². The van der Waals surface area contributed by atoms with Crippen LogP contribution in [0.2, 0.25) is 0 Å². The van der Waals surface area contributed by atoms with Gasteiger partial charge in [0.1, 0.15) is 22.8 Å². The van der Waals surface area contributed by atoms with Crippen LogP contribution in [0.15, 0.2) is 34.8 Å². The number of hydrogen-bond donors (Lipinski definition) is 4. The summed E-state index contributed by atoms with van der Waals surface area (Å²) < 4.78 is 5.57. The molecule has 8 nitrogen and oxygen atoms in total. The number of ether oxygens (including phenoxy) is 1. The van der Waals surface area contributed by atoms with Crippen molar-refractivity contribution in [2.45, 2.75) is 65.4 Å². The molecule has 0 amide bonds. The zero-order valence-corrected chi connectivity index (χ0v) is 21.8. The van der Waals surface area contributed by atoms with Gasteiger partial charge in [-0.3, -0.25) is 14.4 Å². The van der Waals surface area contributed by atoms with E-state index in [1.807, 2.05) is 26.8 Å². The van der Waals surface area contributed by atoms with E-state index in [2.05, 4.69) is 0 Å². The van der Waals surface area contributed by atoms with Gasteiger partial charge in [-0.2, -0.15) is 0 Å². The van der Waals surface area contributed by atoms with Crippen molar-refractivity contribution in [1.82, 2.24) is 0 Å². The molecular weight excluding hydrogens is 476 g/mol. The van der Waals surface area contributed by atoms with Gasteiger partial charge in [-0.15, -0.1) is 0 Å². The van der Waals surface area contributed by atoms with Crippen LogP contribution in [-0.2, 0) is 20.7 Å². The van der Waals surface area contributed by atoms with Crippen LogP contribution in [0.5, 0.6) is 5.75 Å². The van der Waals surface area contributed by atoms with Crippen molar-refractivity contribution in [3.63, 3.8) is 0 Å². The molecule has 3 aliphatic carbocycles. The second kappa shape index (κ2) is 8.01. The highest BCUT2D eigenvalue weighted by molar-refractivity contribution is 6.25. The molecule has 37 heavy (non-hydrogen) atoms. The maximum atomic E-state index is 14.0. The van der Waals surface area contributed by atoms with E-state index in [0.29, 0.717) is 18.8 Å². The van der Waals surface area contributed by atoms with Crippen LogP contribution < -0.4 is 0 Å². The summed E-state index contributed by atoms with van der Waals surface area (Å²) in [4.78, 5) is 40.1. The molecule has 2 unspecified atom stereocenters. The first kappa shape index (κ1) is 25.7. The first-order chi connectivity index (χ1) is 17.2. The molecule has 5 atom stereocenters. The normalized spacial score (nSPS) is 35.5. The fourth-order valence-corrected chi connectivity index (χ4v) is 7.92. The predicted octanol–water partition coefficient (Wildman–Crippen LogP) is 3.85. The Morgan fingerprint density at radius 3 is 2.38 bits per heavy atom. The third kappa shape index (κ3) is 3.12.